The van der Waals surface area contributed by atoms with Gasteiger partial charge in [-0.15, -0.1) is 0 Å². The quantitative estimate of drug-likeness (QED) is 0.832. The molecule has 136 valence electrons. The third-order valence-corrected chi connectivity index (χ3v) is 4.37. The van der Waals surface area contributed by atoms with E-state index in [0.717, 1.165) is 22.6 Å². The molecular weight excluding hydrogens is 334 g/mol. The highest BCUT2D eigenvalue weighted by molar-refractivity contribution is 5.93. The predicted molar refractivity (Wildman–Crippen MR) is 96.7 cm³/mol. The van der Waals surface area contributed by atoms with Crippen molar-refractivity contribution < 1.29 is 24.2 Å². The fourth-order valence-corrected chi connectivity index (χ4v) is 2.97. The van der Waals surface area contributed by atoms with Crippen molar-refractivity contribution in [2.45, 2.75) is 19.3 Å². The molecule has 1 atom stereocenters. The van der Waals surface area contributed by atoms with Crippen LogP contribution in [-0.4, -0.2) is 30.7 Å². The van der Waals surface area contributed by atoms with Crippen LogP contribution < -0.4 is 14.8 Å². The molecule has 0 saturated carbocycles. The molecule has 0 fully saturated rings. The summed E-state index contributed by atoms with van der Waals surface area (Å²) in [5.41, 5.74) is 2.49. The summed E-state index contributed by atoms with van der Waals surface area (Å²) in [6.07, 6.45) is 1.07. The smallest absolute Gasteiger partial charge is 0.303 e. The molecule has 1 heterocycles. The van der Waals surface area contributed by atoms with Gasteiger partial charge in [0.2, 0.25) is 5.91 Å². The van der Waals surface area contributed by atoms with E-state index in [1.165, 1.54) is 0 Å². The molecule has 26 heavy (non-hydrogen) atoms. The van der Waals surface area contributed by atoms with Crippen molar-refractivity contribution in [3.63, 3.8) is 0 Å². The van der Waals surface area contributed by atoms with Crippen molar-refractivity contribution in [1.82, 2.24) is 0 Å². The number of amides is 1. The first-order chi connectivity index (χ1) is 12.5. The van der Waals surface area contributed by atoms with Gasteiger partial charge in [-0.25, -0.2) is 0 Å². The number of nitrogens with one attached hydrogen (secondary N) is 1. The van der Waals surface area contributed by atoms with E-state index in [4.69, 9.17) is 14.6 Å². The standard InChI is InChI=1S/C20H21NO5/c1-25-17-6-7-18-14(11-17)10-15(12-26-18)20(24)21-16-4-2-3-13(9-16)5-8-19(22)23/h2-4,6-7,9,11,15H,5,8,10,12H2,1H3,(H,21,24)(H,22,23). The van der Waals surface area contributed by atoms with Crippen LogP contribution >= 0.6 is 0 Å². The molecule has 1 aliphatic rings. The van der Waals surface area contributed by atoms with Crippen molar-refractivity contribution in [3.05, 3.63) is 53.6 Å². The molecule has 6 heteroatoms. The van der Waals surface area contributed by atoms with E-state index in [0.29, 0.717) is 25.1 Å². The van der Waals surface area contributed by atoms with Crippen LogP contribution in [-0.2, 0) is 22.4 Å². The predicted octanol–water partition coefficient (Wildman–Crippen LogP) is 2.90. The van der Waals surface area contributed by atoms with Crippen LogP contribution in [0.3, 0.4) is 0 Å². The number of aliphatic carboxylic acids is 1. The monoisotopic (exact) mass is 355 g/mol. The first kappa shape index (κ1) is 17.8. The molecule has 0 aliphatic carbocycles. The minimum atomic E-state index is -0.840. The van der Waals surface area contributed by atoms with E-state index in [9.17, 15) is 9.59 Å². The summed E-state index contributed by atoms with van der Waals surface area (Å²) >= 11 is 0. The molecule has 0 aromatic heterocycles. The largest absolute Gasteiger partial charge is 0.497 e. The van der Waals surface area contributed by atoms with Crippen LogP contribution in [0.1, 0.15) is 17.5 Å². The lowest BCUT2D eigenvalue weighted by Crippen LogP contribution is -2.32. The topological polar surface area (TPSA) is 84.9 Å². The maximum atomic E-state index is 12.6. The molecule has 0 saturated heterocycles. The number of carbonyl (C=O) groups is 2. The molecule has 2 N–H and O–H groups in total. The molecule has 2 aromatic carbocycles. The number of rotatable bonds is 6. The number of benzene rings is 2. The average molecular weight is 355 g/mol. The lowest BCUT2D eigenvalue weighted by molar-refractivity contribution is -0.137. The molecule has 0 bridgehead atoms. The lowest BCUT2D eigenvalue weighted by Gasteiger charge is -2.25. The number of hydrogen-bond acceptors (Lipinski definition) is 4. The van der Waals surface area contributed by atoms with Crippen molar-refractivity contribution in [2.24, 2.45) is 5.92 Å². The number of anilines is 1. The summed E-state index contributed by atoms with van der Waals surface area (Å²) in [5.74, 6) is 0.268. The van der Waals surface area contributed by atoms with Gasteiger partial charge < -0.3 is 19.9 Å². The Kier molecular flexibility index (Phi) is 5.41. The van der Waals surface area contributed by atoms with Crippen molar-refractivity contribution >= 4 is 17.6 Å². The summed E-state index contributed by atoms with van der Waals surface area (Å²) in [7, 11) is 1.60. The third kappa shape index (κ3) is 4.33. The van der Waals surface area contributed by atoms with Crippen LogP contribution in [0.2, 0.25) is 0 Å². The Balaban J connectivity index is 1.65. The number of aryl methyl sites for hydroxylation is 1. The fourth-order valence-electron chi connectivity index (χ4n) is 2.97. The van der Waals surface area contributed by atoms with Gasteiger partial charge in [0, 0.05) is 12.1 Å². The highest BCUT2D eigenvalue weighted by Gasteiger charge is 2.26. The Morgan fingerprint density at radius 2 is 2.12 bits per heavy atom. The molecule has 0 radical (unpaired) electrons. The van der Waals surface area contributed by atoms with Crippen LogP contribution in [0.4, 0.5) is 5.69 Å². The fraction of sp³-hybridized carbons (Fsp3) is 0.300. The highest BCUT2D eigenvalue weighted by Crippen LogP contribution is 2.31. The number of methoxy groups -OCH3 is 1. The Hall–Kier alpha value is -3.02. The minimum absolute atomic E-state index is 0.0620. The molecule has 6 nitrogen and oxygen atoms in total. The second-order valence-electron chi connectivity index (χ2n) is 6.27. The summed E-state index contributed by atoms with van der Waals surface area (Å²) in [6, 6.07) is 12.8. The first-order valence-electron chi connectivity index (χ1n) is 8.46. The van der Waals surface area contributed by atoms with Gasteiger partial charge >= 0.3 is 5.97 Å². The zero-order valence-electron chi connectivity index (χ0n) is 14.5. The van der Waals surface area contributed by atoms with Gasteiger partial charge in [0.15, 0.2) is 0 Å². The van der Waals surface area contributed by atoms with Crippen LogP contribution in [0.5, 0.6) is 11.5 Å². The first-order valence-corrected chi connectivity index (χ1v) is 8.46. The maximum Gasteiger partial charge on any atom is 0.303 e. The Morgan fingerprint density at radius 3 is 2.88 bits per heavy atom. The summed E-state index contributed by atoms with van der Waals surface area (Å²) in [4.78, 5) is 23.3. The average Bonchev–Trinajstić information content (AvgIpc) is 2.65. The van der Waals surface area contributed by atoms with E-state index in [1.54, 1.807) is 13.2 Å². The van der Waals surface area contributed by atoms with E-state index in [-0.39, 0.29) is 18.2 Å². The van der Waals surface area contributed by atoms with E-state index >= 15 is 0 Å². The zero-order chi connectivity index (χ0) is 18.5. The number of carbonyl (C=O) groups excluding carboxylic acids is 1. The SMILES string of the molecule is COc1ccc2c(c1)CC(C(=O)Nc1cccc(CCC(=O)O)c1)CO2. The van der Waals surface area contributed by atoms with Crippen LogP contribution in [0.15, 0.2) is 42.5 Å². The third-order valence-electron chi connectivity index (χ3n) is 4.37. The van der Waals surface area contributed by atoms with Crippen LogP contribution in [0.25, 0.3) is 0 Å². The van der Waals surface area contributed by atoms with Gasteiger partial charge in [-0.05, 0) is 54.3 Å². The Bertz CT molecular complexity index is 818. The van der Waals surface area contributed by atoms with E-state index in [2.05, 4.69) is 5.32 Å². The van der Waals surface area contributed by atoms with Gasteiger partial charge in [0.1, 0.15) is 18.1 Å². The molecule has 0 spiro atoms. The number of ether oxygens (including phenoxy) is 2. The normalized spacial score (nSPS) is 15.5. The number of fused-ring (bicyclic) bond motifs is 1. The van der Waals surface area contributed by atoms with E-state index < -0.39 is 5.97 Å². The van der Waals surface area contributed by atoms with Gasteiger partial charge in [0.25, 0.3) is 0 Å². The maximum absolute atomic E-state index is 12.6. The molecular formula is C20H21NO5. The van der Waals surface area contributed by atoms with Gasteiger partial charge in [-0.3, -0.25) is 9.59 Å². The number of carboxylic acid groups (broad SMARTS) is 1. The summed E-state index contributed by atoms with van der Waals surface area (Å²) < 4.78 is 10.9. The Labute approximate surface area is 151 Å². The van der Waals surface area contributed by atoms with Gasteiger partial charge in [0.05, 0.1) is 13.0 Å². The second-order valence-corrected chi connectivity index (χ2v) is 6.27. The van der Waals surface area contributed by atoms with Crippen molar-refractivity contribution in [2.75, 3.05) is 19.0 Å². The summed E-state index contributed by atoms with van der Waals surface area (Å²) in [6.45, 7) is 0.323. The molecule has 1 unspecified atom stereocenters. The lowest BCUT2D eigenvalue weighted by atomic mass is 9.95. The molecule has 3 rings (SSSR count). The van der Waals surface area contributed by atoms with Crippen molar-refractivity contribution in [3.8, 4) is 11.5 Å². The highest BCUT2D eigenvalue weighted by atomic mass is 16.5. The van der Waals surface area contributed by atoms with Crippen LogP contribution in [0, 0.1) is 5.92 Å². The Morgan fingerprint density at radius 1 is 1.27 bits per heavy atom. The zero-order valence-corrected chi connectivity index (χ0v) is 14.5. The number of carboxylic acids is 1. The van der Waals surface area contributed by atoms with E-state index in [1.807, 2.05) is 36.4 Å². The van der Waals surface area contributed by atoms with Gasteiger partial charge in [-0.1, -0.05) is 12.1 Å². The summed E-state index contributed by atoms with van der Waals surface area (Å²) in [5, 5.41) is 11.7. The molecule has 1 amide bonds. The second kappa shape index (κ2) is 7.91. The molecule has 1 aliphatic heterocycles. The van der Waals surface area contributed by atoms with Crippen molar-refractivity contribution in [1.29, 1.82) is 0 Å². The molecule has 2 aromatic rings. The minimum Gasteiger partial charge on any atom is -0.497 e. The number of hydrogen-bond donors (Lipinski definition) is 2. The van der Waals surface area contributed by atoms with Gasteiger partial charge in [-0.2, -0.15) is 0 Å².